The summed E-state index contributed by atoms with van der Waals surface area (Å²) in [6.45, 7) is 4.56. The van der Waals surface area contributed by atoms with Crippen LogP contribution < -0.4 is 20.1 Å². The molecular formula is C26H26N2O4S. The Kier molecular flexibility index (Phi) is 5.81. The van der Waals surface area contributed by atoms with Gasteiger partial charge in [-0.3, -0.25) is 4.79 Å². The summed E-state index contributed by atoms with van der Waals surface area (Å²) in [7, 11) is 0. The van der Waals surface area contributed by atoms with Crippen LogP contribution in [0.1, 0.15) is 63.2 Å². The van der Waals surface area contributed by atoms with Crippen LogP contribution in [0, 0.1) is 5.92 Å². The van der Waals surface area contributed by atoms with Crippen molar-refractivity contribution in [2.45, 2.75) is 39.3 Å². The Hall–Kier alpha value is -3.32. The Morgan fingerprint density at radius 2 is 1.94 bits per heavy atom. The minimum Gasteiger partial charge on any atom is -0.490 e. The summed E-state index contributed by atoms with van der Waals surface area (Å²) in [6, 6.07) is 14.2. The number of amides is 1. The lowest BCUT2D eigenvalue weighted by Crippen LogP contribution is -2.38. The van der Waals surface area contributed by atoms with Gasteiger partial charge in [-0.2, -0.15) is 0 Å². The molecule has 6 nitrogen and oxygen atoms in total. The Labute approximate surface area is 196 Å². The molecule has 0 bridgehead atoms. The fourth-order valence-electron chi connectivity index (χ4n) is 4.42. The quantitative estimate of drug-likeness (QED) is 0.395. The van der Waals surface area contributed by atoms with Crippen LogP contribution in [0.3, 0.4) is 0 Å². The fraction of sp³-hybridized carbons (Fsp3) is 0.308. The standard InChI is InChI=1S/C26H26N2O4S/c1-3-31-20-14-17(10-12-19(20)32-26(30)16-7-5-4-6-8-16)23-27-24(29)22-18-11-9-15(2)13-21(18)33-25(22)28-23/h4-8,10,12,14-15,23,28H,3,9,11,13H2,1-2H3,(H,27,29). The van der Waals surface area contributed by atoms with E-state index >= 15 is 0 Å². The van der Waals surface area contributed by atoms with Crippen LogP contribution >= 0.6 is 11.3 Å². The maximum atomic E-state index is 13.0. The van der Waals surface area contributed by atoms with Gasteiger partial charge in [0.15, 0.2) is 11.5 Å². The van der Waals surface area contributed by atoms with Gasteiger partial charge in [-0.1, -0.05) is 31.2 Å². The lowest BCUT2D eigenvalue weighted by atomic mass is 9.88. The SMILES string of the molecule is CCOc1cc(C2NC(=O)c3c(sc4c3CCC(C)C4)N2)ccc1OC(=O)c1ccccc1. The molecule has 1 aliphatic heterocycles. The molecule has 2 heterocycles. The van der Waals surface area contributed by atoms with E-state index in [-0.39, 0.29) is 12.1 Å². The first-order valence-electron chi connectivity index (χ1n) is 11.3. The van der Waals surface area contributed by atoms with Gasteiger partial charge in [0.25, 0.3) is 5.91 Å². The number of thiophene rings is 1. The first kappa shape index (κ1) is 21.5. The zero-order valence-electron chi connectivity index (χ0n) is 18.6. The number of rotatable bonds is 5. The number of carbonyl (C=O) groups excluding carboxylic acids is 2. The molecule has 0 fully saturated rings. The lowest BCUT2D eigenvalue weighted by molar-refractivity contribution is 0.0728. The number of nitrogens with one attached hydrogen (secondary N) is 2. The molecular weight excluding hydrogens is 436 g/mol. The predicted octanol–water partition coefficient (Wildman–Crippen LogP) is 5.34. The number of ether oxygens (including phenoxy) is 2. The molecule has 7 heteroatoms. The van der Waals surface area contributed by atoms with Crippen molar-refractivity contribution in [2.75, 3.05) is 11.9 Å². The number of esters is 1. The fourth-order valence-corrected chi connectivity index (χ4v) is 5.86. The summed E-state index contributed by atoms with van der Waals surface area (Å²) < 4.78 is 11.4. The van der Waals surface area contributed by atoms with Crippen LogP contribution in [0.5, 0.6) is 11.5 Å². The van der Waals surface area contributed by atoms with Crippen LogP contribution in [-0.4, -0.2) is 18.5 Å². The maximum absolute atomic E-state index is 13.0. The van der Waals surface area contributed by atoms with Crippen LogP contribution in [0.4, 0.5) is 5.00 Å². The molecule has 2 atom stereocenters. The number of carbonyl (C=O) groups is 2. The largest absolute Gasteiger partial charge is 0.490 e. The third-order valence-electron chi connectivity index (χ3n) is 6.10. The lowest BCUT2D eigenvalue weighted by Gasteiger charge is -2.27. The minimum atomic E-state index is -0.448. The van der Waals surface area contributed by atoms with Crippen molar-refractivity contribution in [1.29, 1.82) is 0 Å². The van der Waals surface area contributed by atoms with Crippen LogP contribution in [0.15, 0.2) is 48.5 Å². The van der Waals surface area contributed by atoms with Crippen molar-refractivity contribution in [1.82, 2.24) is 5.32 Å². The molecule has 3 aromatic rings. The van der Waals surface area contributed by atoms with Gasteiger partial charge in [-0.15, -0.1) is 11.3 Å². The second kappa shape index (κ2) is 8.90. The van der Waals surface area contributed by atoms with Crippen LogP contribution in [-0.2, 0) is 12.8 Å². The van der Waals surface area contributed by atoms with E-state index < -0.39 is 5.97 Å². The molecule has 1 aromatic heterocycles. The monoisotopic (exact) mass is 462 g/mol. The zero-order valence-corrected chi connectivity index (χ0v) is 19.5. The van der Waals surface area contributed by atoms with Crippen LogP contribution in [0.25, 0.3) is 0 Å². The van der Waals surface area contributed by atoms with Crippen LogP contribution in [0.2, 0.25) is 0 Å². The molecule has 1 aliphatic carbocycles. The van der Waals surface area contributed by atoms with Crippen molar-refractivity contribution in [3.8, 4) is 11.5 Å². The van der Waals surface area contributed by atoms with Gasteiger partial charge in [0.05, 0.1) is 17.7 Å². The highest BCUT2D eigenvalue weighted by Gasteiger charge is 2.33. The molecule has 0 radical (unpaired) electrons. The summed E-state index contributed by atoms with van der Waals surface area (Å²) >= 11 is 1.69. The van der Waals surface area contributed by atoms with Crippen molar-refractivity contribution in [3.05, 3.63) is 75.7 Å². The number of benzene rings is 2. The molecule has 2 aromatic carbocycles. The van der Waals surface area contributed by atoms with Crippen molar-refractivity contribution >= 4 is 28.2 Å². The molecule has 170 valence electrons. The van der Waals surface area contributed by atoms with E-state index in [2.05, 4.69) is 17.6 Å². The van der Waals surface area contributed by atoms with Gasteiger partial charge in [-0.25, -0.2) is 4.79 Å². The first-order valence-corrected chi connectivity index (χ1v) is 12.1. The summed E-state index contributed by atoms with van der Waals surface area (Å²) in [4.78, 5) is 26.8. The van der Waals surface area contributed by atoms with Gasteiger partial charge < -0.3 is 20.1 Å². The second-order valence-electron chi connectivity index (χ2n) is 8.50. The number of anilines is 1. The van der Waals surface area contributed by atoms with E-state index in [1.807, 2.05) is 25.1 Å². The highest BCUT2D eigenvalue weighted by atomic mass is 32.1. The highest BCUT2D eigenvalue weighted by molar-refractivity contribution is 7.16. The molecule has 2 N–H and O–H groups in total. The third-order valence-corrected chi connectivity index (χ3v) is 7.29. The zero-order chi connectivity index (χ0) is 22.9. The number of hydrogen-bond donors (Lipinski definition) is 2. The average Bonchev–Trinajstić information content (AvgIpc) is 3.18. The maximum Gasteiger partial charge on any atom is 0.343 e. The number of hydrogen-bond acceptors (Lipinski definition) is 6. The Morgan fingerprint density at radius 1 is 1.12 bits per heavy atom. The second-order valence-corrected chi connectivity index (χ2v) is 9.61. The van der Waals surface area contributed by atoms with Crippen molar-refractivity contribution in [3.63, 3.8) is 0 Å². The molecule has 0 saturated heterocycles. The molecule has 33 heavy (non-hydrogen) atoms. The van der Waals surface area contributed by atoms with E-state index in [0.717, 1.165) is 35.4 Å². The first-order chi connectivity index (χ1) is 16.0. The van der Waals surface area contributed by atoms with Gasteiger partial charge >= 0.3 is 5.97 Å². The normalized spacial score (nSPS) is 19.0. The van der Waals surface area contributed by atoms with Gasteiger partial charge in [0.1, 0.15) is 11.2 Å². The van der Waals surface area contributed by atoms with Gasteiger partial charge in [-0.05, 0) is 67.5 Å². The Bertz CT molecular complexity index is 1200. The summed E-state index contributed by atoms with van der Waals surface area (Å²) in [5.74, 6) is 0.962. The Morgan fingerprint density at radius 3 is 2.73 bits per heavy atom. The smallest absolute Gasteiger partial charge is 0.343 e. The molecule has 1 amide bonds. The summed E-state index contributed by atoms with van der Waals surface area (Å²) in [5, 5.41) is 7.51. The predicted molar refractivity (Wildman–Crippen MR) is 128 cm³/mol. The molecule has 0 spiro atoms. The van der Waals surface area contributed by atoms with E-state index in [0.29, 0.717) is 29.6 Å². The van der Waals surface area contributed by atoms with Gasteiger partial charge in [0, 0.05) is 4.88 Å². The molecule has 0 saturated carbocycles. The highest BCUT2D eigenvalue weighted by Crippen LogP contribution is 2.43. The average molecular weight is 463 g/mol. The van der Waals surface area contributed by atoms with Gasteiger partial charge in [0.2, 0.25) is 0 Å². The Balaban J connectivity index is 1.40. The topological polar surface area (TPSA) is 76.7 Å². The number of fused-ring (bicyclic) bond motifs is 3. The van der Waals surface area contributed by atoms with Crippen molar-refractivity contribution < 1.29 is 19.1 Å². The third kappa shape index (κ3) is 4.20. The van der Waals surface area contributed by atoms with Crippen molar-refractivity contribution in [2.24, 2.45) is 5.92 Å². The van der Waals surface area contributed by atoms with E-state index in [1.54, 1.807) is 41.7 Å². The van der Waals surface area contributed by atoms with E-state index in [1.165, 1.54) is 10.4 Å². The molecule has 2 unspecified atom stereocenters. The molecule has 2 aliphatic rings. The minimum absolute atomic E-state index is 0.0432. The summed E-state index contributed by atoms with van der Waals surface area (Å²) in [5.41, 5.74) is 3.30. The molecule has 5 rings (SSSR count). The van der Waals surface area contributed by atoms with E-state index in [9.17, 15) is 9.59 Å². The van der Waals surface area contributed by atoms with E-state index in [4.69, 9.17) is 9.47 Å². The summed E-state index contributed by atoms with van der Waals surface area (Å²) in [6.07, 6.45) is 2.72.